The highest BCUT2D eigenvalue weighted by Gasteiger charge is 2.16. The van der Waals surface area contributed by atoms with Crippen molar-refractivity contribution in [2.75, 3.05) is 0 Å². The summed E-state index contributed by atoms with van der Waals surface area (Å²) >= 11 is 0. The van der Waals surface area contributed by atoms with Gasteiger partial charge in [-0.15, -0.1) is 0 Å². The first-order valence-corrected chi connectivity index (χ1v) is 2.88. The van der Waals surface area contributed by atoms with Crippen molar-refractivity contribution < 1.29 is 17.6 Å². The second kappa shape index (κ2) is 2.96. The summed E-state index contributed by atoms with van der Waals surface area (Å²) in [7, 11) is 0. The molecule has 0 radical (unpaired) electrons. The lowest BCUT2D eigenvalue weighted by Gasteiger charge is -1.99. The molecule has 0 aliphatic carbocycles. The molecule has 1 aromatic heterocycles. The van der Waals surface area contributed by atoms with Crippen LogP contribution in [0.15, 0.2) is 10.9 Å². The number of rotatable bonds is 1. The number of aromatic nitrogens is 1. The molecular formula is C6H3F4NO. The Labute approximate surface area is 63.8 Å². The Morgan fingerprint density at radius 3 is 2.33 bits per heavy atom. The molecule has 0 atom stereocenters. The van der Waals surface area contributed by atoms with Crippen LogP contribution in [0, 0.1) is 11.6 Å². The molecule has 1 N–H and O–H groups in total. The summed E-state index contributed by atoms with van der Waals surface area (Å²) in [6, 6.07) is 0.125. The van der Waals surface area contributed by atoms with Gasteiger partial charge in [-0.05, 0) is 0 Å². The second-order valence-electron chi connectivity index (χ2n) is 2.01. The second-order valence-corrected chi connectivity index (χ2v) is 2.01. The van der Waals surface area contributed by atoms with E-state index in [4.69, 9.17) is 0 Å². The van der Waals surface area contributed by atoms with Gasteiger partial charge in [-0.1, -0.05) is 0 Å². The van der Waals surface area contributed by atoms with Gasteiger partial charge < -0.3 is 4.98 Å². The summed E-state index contributed by atoms with van der Waals surface area (Å²) in [4.78, 5) is 11.8. The average molecular weight is 181 g/mol. The van der Waals surface area contributed by atoms with Gasteiger partial charge in [0.15, 0.2) is 11.6 Å². The van der Waals surface area contributed by atoms with Gasteiger partial charge in [-0.2, -0.15) is 0 Å². The fraction of sp³-hybridized carbons (Fsp3) is 0.167. The summed E-state index contributed by atoms with van der Waals surface area (Å²) < 4.78 is 48.2. The maximum absolute atomic E-state index is 12.4. The van der Waals surface area contributed by atoms with Crippen LogP contribution in [0.25, 0.3) is 0 Å². The third kappa shape index (κ3) is 1.46. The third-order valence-corrected chi connectivity index (χ3v) is 1.19. The molecule has 0 fully saturated rings. The minimum absolute atomic E-state index is 0.125. The maximum atomic E-state index is 12.4. The van der Waals surface area contributed by atoms with Gasteiger partial charge in [0, 0.05) is 6.07 Å². The Kier molecular flexibility index (Phi) is 2.16. The van der Waals surface area contributed by atoms with E-state index in [2.05, 4.69) is 0 Å². The number of pyridine rings is 1. The van der Waals surface area contributed by atoms with Crippen molar-refractivity contribution in [2.45, 2.75) is 6.43 Å². The Balaban J connectivity index is 3.33. The number of nitrogens with one attached hydrogen (secondary N) is 1. The van der Waals surface area contributed by atoms with Gasteiger partial charge in [0.1, 0.15) is 5.69 Å². The number of H-pyrrole nitrogens is 1. The van der Waals surface area contributed by atoms with Crippen molar-refractivity contribution in [1.82, 2.24) is 4.98 Å². The molecule has 0 unspecified atom stereocenters. The lowest BCUT2D eigenvalue weighted by Crippen LogP contribution is -2.14. The third-order valence-electron chi connectivity index (χ3n) is 1.19. The van der Waals surface area contributed by atoms with Crippen LogP contribution in [0.3, 0.4) is 0 Å². The Hall–Kier alpha value is -1.33. The molecular weight excluding hydrogens is 178 g/mol. The minimum Gasteiger partial charge on any atom is -0.316 e. The van der Waals surface area contributed by atoms with E-state index in [1.165, 1.54) is 4.98 Å². The van der Waals surface area contributed by atoms with Crippen LogP contribution in [-0.4, -0.2) is 4.98 Å². The van der Waals surface area contributed by atoms with Crippen molar-refractivity contribution in [3.8, 4) is 0 Å². The van der Waals surface area contributed by atoms with Crippen LogP contribution in [0.5, 0.6) is 0 Å². The summed E-state index contributed by atoms with van der Waals surface area (Å²) in [5.41, 5.74) is -2.55. The van der Waals surface area contributed by atoms with Crippen molar-refractivity contribution in [2.24, 2.45) is 0 Å². The van der Waals surface area contributed by atoms with Crippen molar-refractivity contribution in [3.63, 3.8) is 0 Å². The number of halogens is 4. The zero-order valence-electron chi connectivity index (χ0n) is 5.57. The molecule has 0 aliphatic heterocycles. The Morgan fingerprint density at radius 2 is 1.83 bits per heavy atom. The van der Waals surface area contributed by atoms with Crippen LogP contribution in [0.4, 0.5) is 17.6 Å². The Morgan fingerprint density at radius 1 is 1.25 bits per heavy atom. The fourth-order valence-corrected chi connectivity index (χ4v) is 0.655. The highest BCUT2D eigenvalue weighted by Crippen LogP contribution is 2.17. The predicted octanol–water partition coefficient (Wildman–Crippen LogP) is 1.59. The summed E-state index contributed by atoms with van der Waals surface area (Å²) in [5, 5.41) is 0. The molecule has 1 heterocycles. The summed E-state index contributed by atoms with van der Waals surface area (Å²) in [6.45, 7) is 0. The molecule has 2 nitrogen and oxygen atoms in total. The van der Waals surface area contributed by atoms with Gasteiger partial charge in [-0.3, -0.25) is 4.79 Å². The van der Waals surface area contributed by atoms with Gasteiger partial charge in [0.2, 0.25) is 0 Å². The molecule has 1 rings (SSSR count). The average Bonchev–Trinajstić information content (AvgIpc) is 1.96. The van der Waals surface area contributed by atoms with Crippen LogP contribution < -0.4 is 5.56 Å². The summed E-state index contributed by atoms with van der Waals surface area (Å²) in [5.74, 6) is -2.88. The molecule has 0 saturated carbocycles. The molecule has 0 spiro atoms. The van der Waals surface area contributed by atoms with E-state index >= 15 is 0 Å². The standard InChI is InChI=1S/C6H3F4NO/c7-2-1-3(8)6(12)11-4(2)5(9)10/h1,5H,(H,11,12). The number of hydrogen-bond acceptors (Lipinski definition) is 1. The van der Waals surface area contributed by atoms with E-state index < -0.39 is 29.3 Å². The number of aromatic amines is 1. The minimum atomic E-state index is -3.15. The first-order chi connectivity index (χ1) is 5.52. The van der Waals surface area contributed by atoms with E-state index in [-0.39, 0.29) is 6.07 Å². The molecule has 0 aromatic carbocycles. The number of hydrogen-bond donors (Lipinski definition) is 1. The molecule has 0 aliphatic rings. The lowest BCUT2D eigenvalue weighted by atomic mass is 10.3. The van der Waals surface area contributed by atoms with E-state index in [1.54, 1.807) is 0 Å². The van der Waals surface area contributed by atoms with Crippen molar-refractivity contribution in [1.29, 1.82) is 0 Å². The van der Waals surface area contributed by atoms with Gasteiger partial charge in [0.25, 0.3) is 12.0 Å². The first kappa shape index (κ1) is 8.76. The van der Waals surface area contributed by atoms with Crippen LogP contribution in [0.1, 0.15) is 12.1 Å². The van der Waals surface area contributed by atoms with Gasteiger partial charge in [-0.25, -0.2) is 17.6 Å². The highest BCUT2D eigenvalue weighted by molar-refractivity contribution is 5.09. The monoisotopic (exact) mass is 181 g/mol. The highest BCUT2D eigenvalue weighted by atomic mass is 19.3. The molecule has 12 heavy (non-hydrogen) atoms. The van der Waals surface area contributed by atoms with Gasteiger partial charge in [0.05, 0.1) is 0 Å². The van der Waals surface area contributed by atoms with E-state index in [0.717, 1.165) is 0 Å². The maximum Gasteiger partial charge on any atom is 0.284 e. The summed E-state index contributed by atoms with van der Waals surface area (Å²) in [6.07, 6.45) is -3.15. The largest absolute Gasteiger partial charge is 0.316 e. The van der Waals surface area contributed by atoms with Crippen LogP contribution in [0.2, 0.25) is 0 Å². The molecule has 0 bridgehead atoms. The molecule has 0 saturated heterocycles. The van der Waals surface area contributed by atoms with E-state index in [1.807, 2.05) is 0 Å². The van der Waals surface area contributed by atoms with Crippen LogP contribution in [-0.2, 0) is 0 Å². The smallest absolute Gasteiger partial charge is 0.284 e. The van der Waals surface area contributed by atoms with E-state index in [9.17, 15) is 22.4 Å². The SMILES string of the molecule is O=c1[nH]c(C(F)F)c(F)cc1F. The Bertz CT molecular complexity index is 346. The zero-order valence-corrected chi connectivity index (χ0v) is 5.57. The van der Waals surface area contributed by atoms with Gasteiger partial charge >= 0.3 is 0 Å². The van der Waals surface area contributed by atoms with Crippen molar-refractivity contribution >= 4 is 0 Å². The predicted molar refractivity (Wildman–Crippen MR) is 31.9 cm³/mol. The zero-order chi connectivity index (χ0) is 9.30. The molecule has 6 heteroatoms. The normalized spacial score (nSPS) is 10.8. The van der Waals surface area contributed by atoms with E-state index in [0.29, 0.717) is 0 Å². The molecule has 1 aromatic rings. The lowest BCUT2D eigenvalue weighted by molar-refractivity contribution is 0.140. The fourth-order valence-electron chi connectivity index (χ4n) is 0.655. The number of alkyl halides is 2. The topological polar surface area (TPSA) is 32.9 Å². The first-order valence-electron chi connectivity index (χ1n) is 2.88. The molecule has 66 valence electrons. The van der Waals surface area contributed by atoms with Crippen LogP contribution >= 0.6 is 0 Å². The van der Waals surface area contributed by atoms with Crippen molar-refractivity contribution in [3.05, 3.63) is 33.7 Å². The quantitative estimate of drug-likeness (QED) is 0.655. The molecule has 0 amide bonds.